The number of hydrogen-bond acceptors (Lipinski definition) is 6. The van der Waals surface area contributed by atoms with E-state index >= 15 is 0 Å². The number of fused-ring (bicyclic) bond motifs is 1. The third-order valence-electron chi connectivity index (χ3n) is 3.18. The lowest BCUT2D eigenvalue weighted by molar-refractivity contribution is 0.839. The number of nitrogens with zero attached hydrogens (tertiary/aromatic N) is 5. The van der Waals surface area contributed by atoms with Crippen LogP contribution in [-0.2, 0) is 7.05 Å². The Balaban J connectivity index is 2.30. The van der Waals surface area contributed by atoms with E-state index in [0.717, 1.165) is 5.56 Å². The van der Waals surface area contributed by atoms with E-state index in [1.54, 1.807) is 25.5 Å². The van der Waals surface area contributed by atoms with Gasteiger partial charge in [-0.3, -0.25) is 4.79 Å². The lowest BCUT2D eigenvalue weighted by Gasteiger charge is -2.13. The average molecular weight is 296 g/mol. The molecule has 0 atom stereocenters. The smallest absolute Gasteiger partial charge is 0.264 e. The van der Waals surface area contributed by atoms with Crippen molar-refractivity contribution in [1.29, 1.82) is 0 Å². The van der Waals surface area contributed by atoms with E-state index < -0.39 is 0 Å². The molecular weight excluding hydrogens is 280 g/mol. The summed E-state index contributed by atoms with van der Waals surface area (Å²) in [6.07, 6.45) is 6.34. The molecular formula is C15H16N6O. The average Bonchev–Trinajstić information content (AvgIpc) is 2.51. The highest BCUT2D eigenvalue weighted by Gasteiger charge is 2.13. The molecule has 3 aromatic heterocycles. The predicted octanol–water partition coefficient (Wildman–Crippen LogP) is 1.61. The molecule has 0 aromatic carbocycles. The Bertz CT molecular complexity index is 872. The summed E-state index contributed by atoms with van der Waals surface area (Å²) < 4.78 is 1.45. The Hall–Kier alpha value is -2.83. The van der Waals surface area contributed by atoms with Crippen molar-refractivity contribution >= 4 is 16.7 Å². The van der Waals surface area contributed by atoms with Gasteiger partial charge in [-0.1, -0.05) is 0 Å². The van der Waals surface area contributed by atoms with Gasteiger partial charge in [0, 0.05) is 31.0 Å². The van der Waals surface area contributed by atoms with Gasteiger partial charge in [-0.25, -0.2) is 19.9 Å². The zero-order valence-electron chi connectivity index (χ0n) is 12.6. The van der Waals surface area contributed by atoms with Crippen LogP contribution in [0.3, 0.4) is 0 Å². The van der Waals surface area contributed by atoms with Crippen molar-refractivity contribution in [2.75, 3.05) is 5.32 Å². The quantitative estimate of drug-likeness (QED) is 0.790. The molecule has 0 unspecified atom stereocenters. The Kier molecular flexibility index (Phi) is 3.54. The first-order valence-electron chi connectivity index (χ1n) is 6.94. The second kappa shape index (κ2) is 5.51. The van der Waals surface area contributed by atoms with E-state index in [2.05, 4.69) is 25.3 Å². The van der Waals surface area contributed by atoms with E-state index in [4.69, 9.17) is 0 Å². The fourth-order valence-corrected chi connectivity index (χ4v) is 2.18. The molecule has 0 aliphatic rings. The Morgan fingerprint density at radius 1 is 1.23 bits per heavy atom. The van der Waals surface area contributed by atoms with E-state index in [-0.39, 0.29) is 11.6 Å². The lowest BCUT2D eigenvalue weighted by atomic mass is 10.1. The maximum atomic E-state index is 12.4. The van der Waals surface area contributed by atoms with Crippen LogP contribution in [0.1, 0.15) is 13.8 Å². The number of nitrogens with one attached hydrogen (secondary N) is 1. The third kappa shape index (κ3) is 2.52. The third-order valence-corrected chi connectivity index (χ3v) is 3.18. The monoisotopic (exact) mass is 296 g/mol. The van der Waals surface area contributed by atoms with Crippen molar-refractivity contribution in [3.8, 4) is 11.3 Å². The van der Waals surface area contributed by atoms with Crippen molar-refractivity contribution < 1.29 is 0 Å². The van der Waals surface area contributed by atoms with Crippen LogP contribution < -0.4 is 10.9 Å². The van der Waals surface area contributed by atoms with E-state index in [1.807, 2.05) is 13.8 Å². The predicted molar refractivity (Wildman–Crippen MR) is 84.6 cm³/mol. The number of aromatic nitrogens is 5. The van der Waals surface area contributed by atoms with Gasteiger partial charge < -0.3 is 9.88 Å². The molecule has 3 heterocycles. The zero-order chi connectivity index (χ0) is 15.7. The molecule has 3 aromatic rings. The SMILES string of the molecule is CC(C)Nc1nc(-c2cncnc2)cc2ncn(C)c(=O)c12. The molecule has 7 nitrogen and oxygen atoms in total. The zero-order valence-corrected chi connectivity index (χ0v) is 12.6. The maximum Gasteiger partial charge on any atom is 0.264 e. The number of anilines is 1. The van der Waals surface area contributed by atoms with Gasteiger partial charge in [0.15, 0.2) is 0 Å². The van der Waals surface area contributed by atoms with Crippen LogP contribution in [0.25, 0.3) is 22.2 Å². The molecule has 3 rings (SSSR count). The minimum atomic E-state index is -0.128. The van der Waals surface area contributed by atoms with Crippen molar-refractivity contribution in [2.45, 2.75) is 19.9 Å². The van der Waals surface area contributed by atoms with Crippen LogP contribution in [-0.4, -0.2) is 30.5 Å². The highest BCUT2D eigenvalue weighted by atomic mass is 16.1. The van der Waals surface area contributed by atoms with Crippen molar-refractivity contribution in [3.05, 3.63) is 41.5 Å². The molecule has 0 fully saturated rings. The normalized spacial score (nSPS) is 11.1. The van der Waals surface area contributed by atoms with Gasteiger partial charge in [-0.15, -0.1) is 0 Å². The Morgan fingerprint density at radius 2 is 1.95 bits per heavy atom. The molecule has 0 amide bonds. The second-order valence-electron chi connectivity index (χ2n) is 5.34. The lowest BCUT2D eigenvalue weighted by Crippen LogP contribution is -2.21. The van der Waals surface area contributed by atoms with Gasteiger partial charge >= 0.3 is 0 Å². The largest absolute Gasteiger partial charge is 0.367 e. The Morgan fingerprint density at radius 3 is 2.64 bits per heavy atom. The summed E-state index contributed by atoms with van der Waals surface area (Å²) in [6.45, 7) is 3.99. The molecule has 1 N–H and O–H groups in total. The second-order valence-corrected chi connectivity index (χ2v) is 5.34. The summed E-state index contributed by atoms with van der Waals surface area (Å²) in [5.41, 5.74) is 1.92. The minimum absolute atomic E-state index is 0.128. The van der Waals surface area contributed by atoms with E-state index in [1.165, 1.54) is 17.2 Å². The molecule has 0 spiro atoms. The molecule has 0 bridgehead atoms. The molecule has 0 aliphatic carbocycles. The highest BCUT2D eigenvalue weighted by molar-refractivity contribution is 5.91. The van der Waals surface area contributed by atoms with Gasteiger partial charge in [-0.2, -0.15) is 0 Å². The molecule has 0 radical (unpaired) electrons. The van der Waals surface area contributed by atoms with Crippen LogP contribution in [0.2, 0.25) is 0 Å². The molecule has 0 saturated carbocycles. The van der Waals surface area contributed by atoms with Gasteiger partial charge in [0.2, 0.25) is 0 Å². The number of aryl methyl sites for hydroxylation is 1. The first-order chi connectivity index (χ1) is 10.6. The van der Waals surface area contributed by atoms with Crippen molar-refractivity contribution in [1.82, 2.24) is 24.5 Å². The van der Waals surface area contributed by atoms with Gasteiger partial charge in [0.25, 0.3) is 5.56 Å². The number of rotatable bonds is 3. The van der Waals surface area contributed by atoms with E-state index in [9.17, 15) is 4.79 Å². The summed E-state index contributed by atoms with van der Waals surface area (Å²) >= 11 is 0. The fraction of sp³-hybridized carbons (Fsp3) is 0.267. The van der Waals surface area contributed by atoms with Crippen LogP contribution in [0, 0.1) is 0 Å². The fourth-order valence-electron chi connectivity index (χ4n) is 2.18. The van der Waals surface area contributed by atoms with Gasteiger partial charge in [0.1, 0.15) is 17.5 Å². The standard InChI is InChI=1S/C15H16N6O/c1-9(2)19-14-13-12(18-8-21(3)15(13)22)4-11(20-14)10-5-16-7-17-6-10/h4-9H,1-3H3,(H,19,20). The molecule has 0 saturated heterocycles. The van der Waals surface area contributed by atoms with Crippen LogP contribution >= 0.6 is 0 Å². The summed E-state index contributed by atoms with van der Waals surface area (Å²) in [5, 5.41) is 3.71. The van der Waals surface area contributed by atoms with E-state index in [0.29, 0.717) is 22.4 Å². The molecule has 22 heavy (non-hydrogen) atoms. The number of pyridine rings is 1. The minimum Gasteiger partial charge on any atom is -0.367 e. The van der Waals surface area contributed by atoms with Gasteiger partial charge in [0.05, 0.1) is 17.5 Å². The first-order valence-corrected chi connectivity index (χ1v) is 6.94. The summed E-state index contributed by atoms with van der Waals surface area (Å²) in [4.78, 5) is 29.3. The van der Waals surface area contributed by atoms with Gasteiger partial charge in [-0.05, 0) is 19.9 Å². The number of hydrogen-bond donors (Lipinski definition) is 1. The van der Waals surface area contributed by atoms with Crippen LogP contribution in [0.15, 0.2) is 35.9 Å². The topological polar surface area (TPSA) is 85.6 Å². The van der Waals surface area contributed by atoms with Crippen LogP contribution in [0.4, 0.5) is 5.82 Å². The molecule has 0 aliphatic heterocycles. The summed E-state index contributed by atoms with van der Waals surface area (Å²) in [6, 6.07) is 1.92. The summed E-state index contributed by atoms with van der Waals surface area (Å²) in [7, 11) is 1.67. The Labute approximate surface area is 127 Å². The van der Waals surface area contributed by atoms with Crippen molar-refractivity contribution in [3.63, 3.8) is 0 Å². The van der Waals surface area contributed by atoms with Crippen LogP contribution in [0.5, 0.6) is 0 Å². The molecule has 7 heteroatoms. The maximum absolute atomic E-state index is 12.4. The highest BCUT2D eigenvalue weighted by Crippen LogP contribution is 2.24. The first kappa shape index (κ1) is 14.1. The van der Waals surface area contributed by atoms with Crippen molar-refractivity contribution in [2.24, 2.45) is 7.05 Å². The summed E-state index contributed by atoms with van der Waals surface area (Å²) in [5.74, 6) is 0.528. The molecule has 112 valence electrons.